The van der Waals surface area contributed by atoms with Gasteiger partial charge in [0.2, 0.25) is 0 Å². The van der Waals surface area contributed by atoms with Gasteiger partial charge in [0, 0.05) is 26.1 Å². The summed E-state index contributed by atoms with van der Waals surface area (Å²) in [6.45, 7) is 5.67. The van der Waals surface area contributed by atoms with Gasteiger partial charge in [0.15, 0.2) is 0 Å². The van der Waals surface area contributed by atoms with Crippen LogP contribution in [0, 0.1) is 11.8 Å². The molecule has 0 spiro atoms. The van der Waals surface area contributed by atoms with Crippen molar-refractivity contribution in [1.29, 1.82) is 0 Å². The van der Waals surface area contributed by atoms with E-state index < -0.39 is 12.0 Å². The van der Waals surface area contributed by atoms with E-state index in [4.69, 9.17) is 9.84 Å². The number of carboxylic acids is 1. The molecule has 1 fully saturated rings. The number of carbonyl (C=O) groups excluding carboxylic acids is 1. The summed E-state index contributed by atoms with van der Waals surface area (Å²) in [6, 6.07) is -1.11. The van der Waals surface area contributed by atoms with Gasteiger partial charge in [-0.25, -0.2) is 9.59 Å². The van der Waals surface area contributed by atoms with Crippen molar-refractivity contribution < 1.29 is 19.4 Å². The van der Waals surface area contributed by atoms with Crippen molar-refractivity contribution in [3.63, 3.8) is 0 Å². The third-order valence-corrected chi connectivity index (χ3v) is 3.73. The first kappa shape index (κ1) is 15.8. The predicted molar refractivity (Wildman–Crippen MR) is 71.0 cm³/mol. The van der Waals surface area contributed by atoms with E-state index in [9.17, 15) is 9.59 Å². The summed E-state index contributed by atoms with van der Waals surface area (Å²) in [4.78, 5) is 24.9. The standard InChI is InChI=1S/C13H24N2O4/c1-4-9(2)11(12(16)17)14-13(18)15-6-5-10(7-15)8-19-3/h9-11H,4-8H2,1-3H3,(H,14,18)(H,16,17)/t9?,10?,11-/m0/s1. The molecule has 0 radical (unpaired) electrons. The molecule has 0 aromatic rings. The number of rotatable bonds is 6. The number of carbonyl (C=O) groups is 2. The van der Waals surface area contributed by atoms with Crippen molar-refractivity contribution >= 4 is 12.0 Å². The number of aliphatic carboxylic acids is 1. The van der Waals surface area contributed by atoms with Crippen LogP contribution in [0.2, 0.25) is 0 Å². The fraction of sp³-hybridized carbons (Fsp3) is 0.846. The summed E-state index contributed by atoms with van der Waals surface area (Å²) in [6.07, 6.45) is 1.62. The first-order chi connectivity index (χ1) is 8.99. The van der Waals surface area contributed by atoms with Gasteiger partial charge in [-0.05, 0) is 12.3 Å². The molecular formula is C13H24N2O4. The molecule has 19 heavy (non-hydrogen) atoms. The van der Waals surface area contributed by atoms with Gasteiger partial charge in [0.05, 0.1) is 6.61 Å². The normalized spacial score (nSPS) is 22.1. The first-order valence-corrected chi connectivity index (χ1v) is 6.76. The zero-order valence-corrected chi connectivity index (χ0v) is 11.9. The van der Waals surface area contributed by atoms with Gasteiger partial charge in [0.25, 0.3) is 0 Å². The summed E-state index contributed by atoms with van der Waals surface area (Å²) in [5.41, 5.74) is 0. The molecule has 6 nitrogen and oxygen atoms in total. The number of hydrogen-bond donors (Lipinski definition) is 2. The minimum atomic E-state index is -0.977. The number of urea groups is 1. The SMILES string of the molecule is CCC(C)[C@H](NC(=O)N1CCC(COC)C1)C(=O)O. The van der Waals surface area contributed by atoms with Crippen molar-refractivity contribution in [3.8, 4) is 0 Å². The Balaban J connectivity index is 2.51. The maximum absolute atomic E-state index is 12.0. The highest BCUT2D eigenvalue weighted by Gasteiger charge is 2.31. The van der Waals surface area contributed by atoms with E-state index in [0.717, 1.165) is 6.42 Å². The summed E-state index contributed by atoms with van der Waals surface area (Å²) in [7, 11) is 1.64. The highest BCUT2D eigenvalue weighted by molar-refractivity contribution is 5.82. The Morgan fingerprint density at radius 1 is 1.53 bits per heavy atom. The molecule has 0 aromatic carbocycles. The smallest absolute Gasteiger partial charge is 0.326 e. The van der Waals surface area contributed by atoms with Crippen molar-refractivity contribution in [1.82, 2.24) is 10.2 Å². The lowest BCUT2D eigenvalue weighted by Gasteiger charge is -2.24. The molecule has 1 aliphatic heterocycles. The third-order valence-electron chi connectivity index (χ3n) is 3.73. The Morgan fingerprint density at radius 2 is 2.21 bits per heavy atom. The van der Waals surface area contributed by atoms with Crippen LogP contribution in [0.3, 0.4) is 0 Å². The van der Waals surface area contributed by atoms with Crippen LogP contribution in [0.5, 0.6) is 0 Å². The fourth-order valence-electron chi connectivity index (χ4n) is 2.30. The fourth-order valence-corrected chi connectivity index (χ4v) is 2.30. The number of carboxylic acid groups (broad SMARTS) is 1. The third kappa shape index (κ3) is 4.38. The largest absolute Gasteiger partial charge is 0.480 e. The van der Waals surface area contributed by atoms with E-state index in [1.165, 1.54) is 0 Å². The molecule has 3 atom stereocenters. The Labute approximate surface area is 114 Å². The second-order valence-corrected chi connectivity index (χ2v) is 5.21. The van der Waals surface area contributed by atoms with E-state index in [1.807, 2.05) is 13.8 Å². The lowest BCUT2D eigenvalue weighted by molar-refractivity contribution is -0.140. The van der Waals surface area contributed by atoms with Crippen LogP contribution in [0.1, 0.15) is 26.7 Å². The van der Waals surface area contributed by atoms with Crippen LogP contribution in [-0.2, 0) is 9.53 Å². The molecule has 2 amide bonds. The lowest BCUT2D eigenvalue weighted by Crippen LogP contribution is -2.50. The molecular weight excluding hydrogens is 248 g/mol. The quantitative estimate of drug-likeness (QED) is 0.760. The topological polar surface area (TPSA) is 78.9 Å². The number of nitrogens with one attached hydrogen (secondary N) is 1. The Kier molecular flexibility index (Phi) is 6.08. The molecule has 110 valence electrons. The molecule has 1 saturated heterocycles. The Bertz CT molecular complexity index is 322. The number of nitrogens with zero attached hydrogens (tertiary/aromatic N) is 1. The summed E-state index contributed by atoms with van der Waals surface area (Å²) < 4.78 is 5.08. The summed E-state index contributed by atoms with van der Waals surface area (Å²) in [5, 5.41) is 11.8. The van der Waals surface area contributed by atoms with Gasteiger partial charge in [-0.1, -0.05) is 20.3 Å². The molecule has 6 heteroatoms. The second kappa shape index (κ2) is 7.33. The van der Waals surface area contributed by atoms with E-state index in [2.05, 4.69) is 5.32 Å². The molecule has 0 aromatic heterocycles. The molecule has 1 aliphatic rings. The van der Waals surface area contributed by atoms with Crippen LogP contribution in [-0.4, -0.2) is 54.9 Å². The average molecular weight is 272 g/mol. The monoisotopic (exact) mass is 272 g/mol. The van der Waals surface area contributed by atoms with Crippen LogP contribution in [0.25, 0.3) is 0 Å². The van der Waals surface area contributed by atoms with E-state index in [0.29, 0.717) is 32.0 Å². The lowest BCUT2D eigenvalue weighted by atomic mass is 9.99. The molecule has 2 N–H and O–H groups in total. The molecule has 2 unspecified atom stereocenters. The van der Waals surface area contributed by atoms with Crippen LogP contribution >= 0.6 is 0 Å². The maximum Gasteiger partial charge on any atom is 0.326 e. The Morgan fingerprint density at radius 3 is 2.74 bits per heavy atom. The highest BCUT2D eigenvalue weighted by Crippen LogP contribution is 2.17. The average Bonchev–Trinajstić information content (AvgIpc) is 2.83. The minimum Gasteiger partial charge on any atom is -0.480 e. The van der Waals surface area contributed by atoms with Crippen LogP contribution in [0.15, 0.2) is 0 Å². The van der Waals surface area contributed by atoms with Gasteiger partial charge in [-0.3, -0.25) is 0 Å². The van der Waals surface area contributed by atoms with Gasteiger partial charge < -0.3 is 20.1 Å². The molecule has 1 rings (SSSR count). The van der Waals surface area contributed by atoms with Gasteiger partial charge in [-0.2, -0.15) is 0 Å². The van der Waals surface area contributed by atoms with E-state index >= 15 is 0 Å². The summed E-state index contributed by atoms with van der Waals surface area (Å²) >= 11 is 0. The number of amides is 2. The Hall–Kier alpha value is -1.30. The van der Waals surface area contributed by atoms with Gasteiger partial charge >= 0.3 is 12.0 Å². The summed E-state index contributed by atoms with van der Waals surface area (Å²) in [5.74, 6) is -0.711. The molecule has 0 aliphatic carbocycles. The first-order valence-electron chi connectivity index (χ1n) is 6.76. The molecule has 0 bridgehead atoms. The minimum absolute atomic E-state index is 0.0844. The second-order valence-electron chi connectivity index (χ2n) is 5.21. The number of ether oxygens (including phenoxy) is 1. The van der Waals surface area contributed by atoms with E-state index in [-0.39, 0.29) is 11.9 Å². The number of methoxy groups -OCH3 is 1. The van der Waals surface area contributed by atoms with Crippen molar-refractivity contribution in [2.24, 2.45) is 11.8 Å². The zero-order chi connectivity index (χ0) is 14.4. The number of hydrogen-bond acceptors (Lipinski definition) is 3. The van der Waals surface area contributed by atoms with Gasteiger partial charge in [0.1, 0.15) is 6.04 Å². The molecule has 1 heterocycles. The van der Waals surface area contributed by atoms with Crippen molar-refractivity contribution in [3.05, 3.63) is 0 Å². The van der Waals surface area contributed by atoms with Crippen LogP contribution in [0.4, 0.5) is 4.79 Å². The van der Waals surface area contributed by atoms with Gasteiger partial charge in [-0.15, -0.1) is 0 Å². The van der Waals surface area contributed by atoms with E-state index in [1.54, 1.807) is 12.0 Å². The van der Waals surface area contributed by atoms with Crippen LogP contribution < -0.4 is 5.32 Å². The van der Waals surface area contributed by atoms with Crippen molar-refractivity contribution in [2.75, 3.05) is 26.8 Å². The zero-order valence-electron chi connectivity index (χ0n) is 11.9. The predicted octanol–water partition coefficient (Wildman–Crippen LogP) is 1.16. The number of likely N-dealkylation sites (tertiary alicyclic amines) is 1. The molecule has 0 saturated carbocycles. The highest BCUT2D eigenvalue weighted by atomic mass is 16.5. The van der Waals surface area contributed by atoms with Crippen molar-refractivity contribution in [2.45, 2.75) is 32.7 Å². The maximum atomic E-state index is 12.0.